The summed E-state index contributed by atoms with van der Waals surface area (Å²) in [7, 11) is 1.67. The number of carbonyl (C=O) groups is 1. The number of ether oxygens (including phenoxy) is 1. The van der Waals surface area contributed by atoms with Crippen molar-refractivity contribution in [2.45, 2.75) is 26.8 Å². The van der Waals surface area contributed by atoms with E-state index in [2.05, 4.69) is 5.32 Å². The van der Waals surface area contributed by atoms with Gasteiger partial charge in [0.15, 0.2) is 0 Å². The summed E-state index contributed by atoms with van der Waals surface area (Å²) in [6, 6.07) is 0.176. The number of rotatable bonds is 2. The molecule has 4 heteroatoms. The summed E-state index contributed by atoms with van der Waals surface area (Å²) >= 11 is 0. The molecule has 1 aliphatic heterocycles. The van der Waals surface area contributed by atoms with Gasteiger partial charge in [0.25, 0.3) is 0 Å². The molecule has 1 fully saturated rings. The number of nitrogens with one attached hydrogen (secondary N) is 1. The lowest BCUT2D eigenvalue weighted by Gasteiger charge is -2.39. The predicted molar refractivity (Wildman–Crippen MR) is 59.7 cm³/mol. The van der Waals surface area contributed by atoms with Crippen molar-refractivity contribution in [3.05, 3.63) is 0 Å². The molecule has 1 atom stereocenters. The van der Waals surface area contributed by atoms with Gasteiger partial charge in [-0.2, -0.15) is 0 Å². The Bertz CT molecular complexity index is 221. The maximum Gasteiger partial charge on any atom is 0.228 e. The molecule has 1 heterocycles. The molecule has 88 valence electrons. The highest BCUT2D eigenvalue weighted by atomic mass is 16.5. The molecule has 1 rings (SSSR count). The molecule has 1 N–H and O–H groups in total. The molecule has 4 nitrogen and oxygen atoms in total. The molecule has 0 saturated carbocycles. The molecule has 0 radical (unpaired) electrons. The summed E-state index contributed by atoms with van der Waals surface area (Å²) in [5, 5.41) is 3.28. The third kappa shape index (κ3) is 3.18. The van der Waals surface area contributed by atoms with E-state index < -0.39 is 0 Å². The minimum atomic E-state index is -0.302. The van der Waals surface area contributed by atoms with Crippen molar-refractivity contribution in [2.75, 3.05) is 33.4 Å². The van der Waals surface area contributed by atoms with Crippen LogP contribution in [0.15, 0.2) is 0 Å². The second-order valence-electron chi connectivity index (χ2n) is 5.06. The van der Waals surface area contributed by atoms with E-state index in [4.69, 9.17) is 4.74 Å². The highest BCUT2D eigenvalue weighted by Crippen LogP contribution is 2.19. The fraction of sp³-hybridized carbons (Fsp3) is 0.909. The summed E-state index contributed by atoms with van der Waals surface area (Å²) in [6.45, 7) is 8.97. The Morgan fingerprint density at radius 1 is 1.53 bits per heavy atom. The van der Waals surface area contributed by atoms with Gasteiger partial charge in [-0.1, -0.05) is 20.8 Å². The summed E-state index contributed by atoms with van der Waals surface area (Å²) in [5.74, 6) is 0.214. The first-order valence-corrected chi connectivity index (χ1v) is 5.47. The zero-order chi connectivity index (χ0) is 11.5. The number of piperazine rings is 1. The smallest absolute Gasteiger partial charge is 0.228 e. The standard InChI is InChI=1S/C11H22N2O2/c1-11(2,3)10(14)13-6-5-12-7-9(13)8-15-4/h9,12H,5-8H2,1-4H3. The van der Waals surface area contributed by atoms with Gasteiger partial charge in [-0.25, -0.2) is 0 Å². The SMILES string of the molecule is COCC1CNCCN1C(=O)C(C)(C)C. The third-order valence-corrected chi connectivity index (χ3v) is 2.61. The van der Waals surface area contributed by atoms with E-state index in [0.29, 0.717) is 6.61 Å². The second kappa shape index (κ2) is 4.94. The van der Waals surface area contributed by atoms with Gasteiger partial charge in [-0.3, -0.25) is 4.79 Å². The first-order chi connectivity index (χ1) is 6.96. The Labute approximate surface area is 92.0 Å². The van der Waals surface area contributed by atoms with Gasteiger partial charge in [0.1, 0.15) is 0 Å². The fourth-order valence-corrected chi connectivity index (χ4v) is 1.80. The minimum absolute atomic E-state index is 0.176. The number of hydrogen-bond donors (Lipinski definition) is 1. The van der Waals surface area contributed by atoms with Crippen LogP contribution in [-0.4, -0.2) is 50.2 Å². The number of nitrogens with zero attached hydrogens (tertiary/aromatic N) is 1. The maximum atomic E-state index is 12.1. The molecule has 0 bridgehead atoms. The largest absolute Gasteiger partial charge is 0.382 e. The van der Waals surface area contributed by atoms with Crippen LogP contribution in [0.3, 0.4) is 0 Å². The molecule has 0 aromatic heterocycles. The van der Waals surface area contributed by atoms with Crippen LogP contribution >= 0.6 is 0 Å². The van der Waals surface area contributed by atoms with Crippen LogP contribution in [0.2, 0.25) is 0 Å². The molecule has 0 aromatic rings. The second-order valence-corrected chi connectivity index (χ2v) is 5.06. The minimum Gasteiger partial charge on any atom is -0.382 e. The number of methoxy groups -OCH3 is 1. The van der Waals surface area contributed by atoms with Gasteiger partial charge in [-0.15, -0.1) is 0 Å². The van der Waals surface area contributed by atoms with Gasteiger partial charge < -0.3 is 15.0 Å². The molecule has 1 saturated heterocycles. The summed E-state index contributed by atoms with van der Waals surface area (Å²) < 4.78 is 5.14. The lowest BCUT2D eigenvalue weighted by atomic mass is 9.93. The van der Waals surface area contributed by atoms with Gasteiger partial charge in [-0.05, 0) is 0 Å². The molecule has 15 heavy (non-hydrogen) atoms. The normalized spacial score (nSPS) is 22.9. The Hall–Kier alpha value is -0.610. The van der Waals surface area contributed by atoms with Gasteiger partial charge >= 0.3 is 0 Å². The van der Waals surface area contributed by atoms with Crippen LogP contribution in [0, 0.1) is 5.41 Å². The van der Waals surface area contributed by atoms with Crippen molar-refractivity contribution in [3.63, 3.8) is 0 Å². The van der Waals surface area contributed by atoms with E-state index in [1.807, 2.05) is 25.7 Å². The van der Waals surface area contributed by atoms with Crippen molar-refractivity contribution < 1.29 is 9.53 Å². The molecule has 0 aliphatic carbocycles. The van der Waals surface area contributed by atoms with E-state index in [1.165, 1.54) is 0 Å². The van der Waals surface area contributed by atoms with E-state index in [1.54, 1.807) is 7.11 Å². The van der Waals surface area contributed by atoms with Crippen molar-refractivity contribution >= 4 is 5.91 Å². The van der Waals surface area contributed by atoms with Crippen LogP contribution < -0.4 is 5.32 Å². The zero-order valence-corrected chi connectivity index (χ0v) is 10.2. The monoisotopic (exact) mass is 214 g/mol. The average Bonchev–Trinajstić information content (AvgIpc) is 2.17. The number of hydrogen-bond acceptors (Lipinski definition) is 3. The highest BCUT2D eigenvalue weighted by molar-refractivity contribution is 5.82. The van der Waals surface area contributed by atoms with Gasteiger partial charge in [0.05, 0.1) is 12.6 Å². The van der Waals surface area contributed by atoms with Crippen molar-refractivity contribution in [3.8, 4) is 0 Å². The Balaban J connectivity index is 2.67. The third-order valence-electron chi connectivity index (χ3n) is 2.61. The van der Waals surface area contributed by atoms with Gasteiger partial charge in [0.2, 0.25) is 5.91 Å². The van der Waals surface area contributed by atoms with Crippen LogP contribution in [0.4, 0.5) is 0 Å². The molecular formula is C11H22N2O2. The maximum absolute atomic E-state index is 12.1. The first kappa shape index (κ1) is 12.5. The quantitative estimate of drug-likeness (QED) is 0.727. The average molecular weight is 214 g/mol. The lowest BCUT2D eigenvalue weighted by Crippen LogP contribution is -2.57. The van der Waals surface area contributed by atoms with Gasteiger partial charge in [0, 0.05) is 32.2 Å². The van der Waals surface area contributed by atoms with Crippen LogP contribution in [0.1, 0.15) is 20.8 Å². The summed E-state index contributed by atoms with van der Waals surface area (Å²) in [4.78, 5) is 14.1. The topological polar surface area (TPSA) is 41.6 Å². The fourth-order valence-electron chi connectivity index (χ4n) is 1.80. The molecule has 0 aromatic carbocycles. The summed E-state index contributed by atoms with van der Waals surface area (Å²) in [5.41, 5.74) is -0.302. The van der Waals surface area contributed by atoms with Crippen LogP contribution in [-0.2, 0) is 9.53 Å². The molecule has 0 spiro atoms. The molecule has 1 amide bonds. The summed E-state index contributed by atoms with van der Waals surface area (Å²) in [6.07, 6.45) is 0. The van der Waals surface area contributed by atoms with Crippen LogP contribution in [0.5, 0.6) is 0 Å². The highest BCUT2D eigenvalue weighted by Gasteiger charge is 2.33. The Morgan fingerprint density at radius 3 is 2.73 bits per heavy atom. The molecule has 1 aliphatic rings. The van der Waals surface area contributed by atoms with E-state index in [-0.39, 0.29) is 17.4 Å². The Kier molecular flexibility index (Phi) is 4.11. The number of carbonyl (C=O) groups excluding carboxylic acids is 1. The predicted octanol–water partition coefficient (Wildman–Crippen LogP) is 0.479. The van der Waals surface area contributed by atoms with E-state index >= 15 is 0 Å². The Morgan fingerprint density at radius 2 is 2.20 bits per heavy atom. The molecule has 1 unspecified atom stereocenters. The van der Waals surface area contributed by atoms with E-state index in [9.17, 15) is 4.79 Å². The number of amides is 1. The van der Waals surface area contributed by atoms with Crippen molar-refractivity contribution in [1.29, 1.82) is 0 Å². The first-order valence-electron chi connectivity index (χ1n) is 5.47. The van der Waals surface area contributed by atoms with Crippen LogP contribution in [0.25, 0.3) is 0 Å². The molecular weight excluding hydrogens is 192 g/mol. The van der Waals surface area contributed by atoms with Crippen molar-refractivity contribution in [1.82, 2.24) is 10.2 Å². The lowest BCUT2D eigenvalue weighted by molar-refractivity contribution is -0.144. The zero-order valence-electron chi connectivity index (χ0n) is 10.2. The van der Waals surface area contributed by atoms with E-state index in [0.717, 1.165) is 19.6 Å². The van der Waals surface area contributed by atoms with Crippen molar-refractivity contribution in [2.24, 2.45) is 5.41 Å².